The van der Waals surface area contributed by atoms with Crippen molar-refractivity contribution in [3.8, 4) is 0 Å². The summed E-state index contributed by atoms with van der Waals surface area (Å²) in [5.41, 5.74) is 1.26. The molecule has 1 unspecified atom stereocenters. The van der Waals surface area contributed by atoms with Gasteiger partial charge in [0.15, 0.2) is 0 Å². The first-order valence-electron chi connectivity index (χ1n) is 4.39. The zero-order chi connectivity index (χ0) is 9.40. The van der Waals surface area contributed by atoms with Crippen molar-refractivity contribution < 1.29 is 9.84 Å². The molecule has 1 radical (unpaired) electrons. The molecule has 1 atom stereocenters. The minimum absolute atomic E-state index is 0.315. The average molecular weight is 171 g/mol. The Bertz CT molecular complexity index is 126. The number of aliphatic hydroxyl groups excluding tert-OH is 1. The first-order chi connectivity index (χ1) is 5.66. The highest BCUT2D eigenvalue weighted by molar-refractivity contribution is 5.02. The lowest BCUT2D eigenvalue weighted by Gasteiger charge is -2.07. The highest BCUT2D eigenvalue weighted by Crippen LogP contribution is 1.94. The van der Waals surface area contributed by atoms with Crippen LogP contribution in [0.15, 0.2) is 11.6 Å². The van der Waals surface area contributed by atoms with Crippen LogP contribution in [-0.2, 0) is 4.74 Å². The molecule has 0 aliphatic carbocycles. The van der Waals surface area contributed by atoms with E-state index >= 15 is 0 Å². The van der Waals surface area contributed by atoms with E-state index in [9.17, 15) is 0 Å². The van der Waals surface area contributed by atoms with Gasteiger partial charge in [-0.1, -0.05) is 18.6 Å². The lowest BCUT2D eigenvalue weighted by atomic mass is 10.3. The van der Waals surface area contributed by atoms with Crippen LogP contribution in [0, 0.1) is 6.42 Å². The molecule has 0 aromatic rings. The first kappa shape index (κ1) is 11.7. The minimum Gasteiger partial charge on any atom is -0.391 e. The molecule has 0 aromatic carbocycles. The normalized spacial score (nSPS) is 12.7. The number of hydrogen-bond donors (Lipinski definition) is 1. The maximum Gasteiger partial charge on any atom is 0.0771 e. The molecule has 2 heteroatoms. The Hall–Kier alpha value is -0.340. The van der Waals surface area contributed by atoms with E-state index in [0.717, 1.165) is 6.42 Å². The number of ether oxygens (including phenoxy) is 1. The van der Waals surface area contributed by atoms with Gasteiger partial charge in [0.2, 0.25) is 0 Å². The first-order valence-corrected chi connectivity index (χ1v) is 4.39. The SMILES string of the molecule is CCC(O)COC[CH]C=C(C)C. The Morgan fingerprint density at radius 1 is 1.50 bits per heavy atom. The summed E-state index contributed by atoms with van der Waals surface area (Å²) >= 11 is 0. The quantitative estimate of drug-likeness (QED) is 0.619. The van der Waals surface area contributed by atoms with Crippen molar-refractivity contribution in [2.75, 3.05) is 13.2 Å². The van der Waals surface area contributed by atoms with Gasteiger partial charge in [-0.3, -0.25) is 0 Å². The second-order valence-corrected chi connectivity index (χ2v) is 3.08. The molecule has 0 aliphatic heterocycles. The van der Waals surface area contributed by atoms with Crippen LogP contribution in [-0.4, -0.2) is 24.4 Å². The van der Waals surface area contributed by atoms with E-state index in [0.29, 0.717) is 13.2 Å². The van der Waals surface area contributed by atoms with Gasteiger partial charge in [0.05, 0.1) is 19.3 Å². The van der Waals surface area contributed by atoms with E-state index in [-0.39, 0.29) is 6.10 Å². The maximum atomic E-state index is 9.11. The Kier molecular flexibility index (Phi) is 7.11. The molecule has 2 nitrogen and oxygen atoms in total. The van der Waals surface area contributed by atoms with Gasteiger partial charge < -0.3 is 9.84 Å². The third-order valence-corrected chi connectivity index (χ3v) is 1.45. The van der Waals surface area contributed by atoms with E-state index in [1.807, 2.05) is 33.3 Å². The van der Waals surface area contributed by atoms with Crippen molar-refractivity contribution in [2.45, 2.75) is 33.3 Å². The molecule has 0 bridgehead atoms. The van der Waals surface area contributed by atoms with E-state index in [2.05, 4.69) is 0 Å². The highest BCUT2D eigenvalue weighted by atomic mass is 16.5. The molecule has 1 N–H and O–H groups in total. The van der Waals surface area contributed by atoms with Gasteiger partial charge in [0.25, 0.3) is 0 Å². The molecule has 0 spiro atoms. The van der Waals surface area contributed by atoms with Gasteiger partial charge in [-0.2, -0.15) is 0 Å². The largest absolute Gasteiger partial charge is 0.391 e. The van der Waals surface area contributed by atoms with Crippen LogP contribution in [0.4, 0.5) is 0 Å². The van der Waals surface area contributed by atoms with E-state index in [4.69, 9.17) is 9.84 Å². The summed E-state index contributed by atoms with van der Waals surface area (Å²) in [5.74, 6) is 0. The molecule has 0 saturated carbocycles. The molecular weight excluding hydrogens is 152 g/mol. The Labute approximate surface area is 75.2 Å². The Morgan fingerprint density at radius 2 is 2.17 bits per heavy atom. The third kappa shape index (κ3) is 7.76. The molecule has 0 amide bonds. The molecular formula is C10H19O2. The summed E-state index contributed by atoms with van der Waals surface area (Å²) in [4.78, 5) is 0. The van der Waals surface area contributed by atoms with Crippen LogP contribution < -0.4 is 0 Å². The van der Waals surface area contributed by atoms with Gasteiger partial charge in [-0.25, -0.2) is 0 Å². The van der Waals surface area contributed by atoms with Crippen LogP contribution in [0.2, 0.25) is 0 Å². The summed E-state index contributed by atoms with van der Waals surface area (Å²) in [6, 6.07) is 0. The molecule has 0 fully saturated rings. The Morgan fingerprint density at radius 3 is 2.67 bits per heavy atom. The van der Waals surface area contributed by atoms with Crippen molar-refractivity contribution in [3.63, 3.8) is 0 Å². The fraction of sp³-hybridized carbons (Fsp3) is 0.700. The Balaban J connectivity index is 3.16. The maximum absolute atomic E-state index is 9.11. The van der Waals surface area contributed by atoms with Gasteiger partial charge in [0, 0.05) is 6.42 Å². The van der Waals surface area contributed by atoms with Crippen LogP contribution in [0.5, 0.6) is 0 Å². The fourth-order valence-corrected chi connectivity index (χ4v) is 0.674. The third-order valence-electron chi connectivity index (χ3n) is 1.45. The lowest BCUT2D eigenvalue weighted by Crippen LogP contribution is -2.14. The van der Waals surface area contributed by atoms with Crippen molar-refractivity contribution in [1.29, 1.82) is 0 Å². The zero-order valence-corrected chi connectivity index (χ0v) is 8.21. The topological polar surface area (TPSA) is 29.5 Å². The van der Waals surface area contributed by atoms with Crippen LogP contribution in [0.3, 0.4) is 0 Å². The predicted molar refractivity (Wildman–Crippen MR) is 50.8 cm³/mol. The molecule has 0 aromatic heterocycles. The van der Waals surface area contributed by atoms with Crippen molar-refractivity contribution >= 4 is 0 Å². The number of rotatable bonds is 6. The van der Waals surface area contributed by atoms with Gasteiger partial charge in [-0.05, 0) is 20.3 Å². The monoisotopic (exact) mass is 171 g/mol. The van der Waals surface area contributed by atoms with Crippen LogP contribution in [0.1, 0.15) is 27.2 Å². The molecule has 0 aliphatic rings. The molecule has 0 heterocycles. The minimum atomic E-state index is -0.315. The number of hydrogen-bond acceptors (Lipinski definition) is 2. The van der Waals surface area contributed by atoms with E-state index in [1.165, 1.54) is 5.57 Å². The van der Waals surface area contributed by atoms with E-state index < -0.39 is 0 Å². The van der Waals surface area contributed by atoms with Gasteiger partial charge in [0.1, 0.15) is 0 Å². The van der Waals surface area contributed by atoms with Crippen LogP contribution in [0.25, 0.3) is 0 Å². The second kappa shape index (κ2) is 7.32. The van der Waals surface area contributed by atoms with Crippen LogP contribution >= 0.6 is 0 Å². The smallest absolute Gasteiger partial charge is 0.0771 e. The van der Waals surface area contributed by atoms with Crippen molar-refractivity contribution in [2.24, 2.45) is 0 Å². The van der Waals surface area contributed by atoms with Crippen molar-refractivity contribution in [3.05, 3.63) is 18.1 Å². The van der Waals surface area contributed by atoms with E-state index in [1.54, 1.807) is 0 Å². The molecule has 0 rings (SSSR count). The predicted octanol–water partition coefficient (Wildman–Crippen LogP) is 1.94. The fourth-order valence-electron chi connectivity index (χ4n) is 0.674. The summed E-state index contributed by atoms with van der Waals surface area (Å²) in [6.07, 6.45) is 4.41. The highest BCUT2D eigenvalue weighted by Gasteiger charge is 1.98. The number of allylic oxidation sites excluding steroid dienone is 1. The van der Waals surface area contributed by atoms with Gasteiger partial charge in [-0.15, -0.1) is 0 Å². The molecule has 12 heavy (non-hydrogen) atoms. The molecule has 71 valence electrons. The average Bonchev–Trinajstić information content (AvgIpc) is 2.03. The summed E-state index contributed by atoms with van der Waals surface area (Å²) in [6.45, 7) is 7.04. The standard InChI is InChI=1S/C10H19O2/c1-4-10(11)8-12-7-5-6-9(2)3/h5-6,10-11H,4,7-8H2,1-3H3. The van der Waals surface area contributed by atoms with Gasteiger partial charge >= 0.3 is 0 Å². The molecule has 0 saturated heterocycles. The van der Waals surface area contributed by atoms with Crippen molar-refractivity contribution in [1.82, 2.24) is 0 Å². The summed E-state index contributed by atoms with van der Waals surface area (Å²) in [5, 5.41) is 9.11. The number of aliphatic hydroxyl groups is 1. The lowest BCUT2D eigenvalue weighted by molar-refractivity contribution is 0.0447. The summed E-state index contributed by atoms with van der Waals surface area (Å²) < 4.78 is 5.19. The second-order valence-electron chi connectivity index (χ2n) is 3.08. The zero-order valence-electron chi connectivity index (χ0n) is 8.21. The summed E-state index contributed by atoms with van der Waals surface area (Å²) in [7, 11) is 0.